The van der Waals surface area contributed by atoms with E-state index in [4.69, 9.17) is 0 Å². The Morgan fingerprint density at radius 3 is 2.57 bits per heavy atom. The summed E-state index contributed by atoms with van der Waals surface area (Å²) in [7, 11) is 0. The van der Waals surface area contributed by atoms with Gasteiger partial charge in [0.15, 0.2) is 17.3 Å². The highest BCUT2D eigenvalue weighted by molar-refractivity contribution is 9.10. The van der Waals surface area contributed by atoms with Crippen LogP contribution in [0, 0.1) is 0 Å². The second-order valence-electron chi connectivity index (χ2n) is 5.22. The number of hydrogen-bond acceptors (Lipinski definition) is 3. The SMILES string of the molecule is CCCCCCC(=O)c1cc2cc(Br)ccc2c(O)c1O. The number of phenols is 2. The molecule has 0 spiro atoms. The fraction of sp³-hybridized carbons (Fsp3) is 0.353. The first-order valence-electron chi connectivity index (χ1n) is 7.22. The van der Waals surface area contributed by atoms with Crippen LogP contribution in [0.15, 0.2) is 28.7 Å². The molecule has 2 aromatic rings. The summed E-state index contributed by atoms with van der Waals surface area (Å²) in [5.41, 5.74) is 0.203. The smallest absolute Gasteiger partial charge is 0.169 e. The summed E-state index contributed by atoms with van der Waals surface area (Å²) in [6, 6.07) is 6.97. The predicted octanol–water partition coefficient (Wildman–Crippen LogP) is 5.17. The number of phenolic OH excluding ortho intramolecular Hbond substituents is 2. The van der Waals surface area contributed by atoms with Gasteiger partial charge in [-0.15, -0.1) is 0 Å². The highest BCUT2D eigenvalue weighted by Gasteiger charge is 2.17. The largest absolute Gasteiger partial charge is 0.504 e. The van der Waals surface area contributed by atoms with Crippen LogP contribution in [-0.4, -0.2) is 16.0 Å². The van der Waals surface area contributed by atoms with Gasteiger partial charge in [0, 0.05) is 16.3 Å². The molecule has 0 aromatic heterocycles. The molecule has 0 saturated heterocycles. The Morgan fingerprint density at radius 2 is 1.86 bits per heavy atom. The summed E-state index contributed by atoms with van der Waals surface area (Å²) >= 11 is 3.37. The lowest BCUT2D eigenvalue weighted by molar-refractivity contribution is 0.0976. The van der Waals surface area contributed by atoms with Gasteiger partial charge in [-0.25, -0.2) is 0 Å². The van der Waals surface area contributed by atoms with Gasteiger partial charge in [0.1, 0.15) is 0 Å². The van der Waals surface area contributed by atoms with E-state index in [9.17, 15) is 15.0 Å². The zero-order valence-electron chi connectivity index (χ0n) is 12.0. The fourth-order valence-corrected chi connectivity index (χ4v) is 2.79. The van der Waals surface area contributed by atoms with Gasteiger partial charge in [0.25, 0.3) is 0 Å². The summed E-state index contributed by atoms with van der Waals surface area (Å²) in [5, 5.41) is 21.4. The Bertz CT molecular complexity index is 665. The summed E-state index contributed by atoms with van der Waals surface area (Å²) in [6.07, 6.45) is 4.43. The minimum absolute atomic E-state index is 0.124. The first kappa shape index (κ1) is 15.8. The molecule has 2 aromatic carbocycles. The van der Waals surface area contributed by atoms with Crippen molar-refractivity contribution in [3.8, 4) is 11.5 Å². The van der Waals surface area contributed by atoms with E-state index in [1.165, 1.54) is 0 Å². The highest BCUT2D eigenvalue weighted by Crippen LogP contribution is 2.38. The van der Waals surface area contributed by atoms with Gasteiger partial charge in [-0.05, 0) is 36.1 Å². The molecule has 0 aliphatic carbocycles. The maximum atomic E-state index is 12.2. The number of halogens is 1. The number of hydrogen-bond donors (Lipinski definition) is 2. The summed E-state index contributed by atoms with van der Waals surface area (Å²) in [6.45, 7) is 2.12. The molecule has 0 aliphatic heterocycles. The molecule has 0 heterocycles. The molecular weight excluding hydrogens is 332 g/mol. The van der Waals surface area contributed by atoms with Crippen molar-refractivity contribution in [2.45, 2.75) is 39.0 Å². The zero-order chi connectivity index (χ0) is 15.4. The lowest BCUT2D eigenvalue weighted by atomic mass is 9.99. The average molecular weight is 351 g/mol. The lowest BCUT2D eigenvalue weighted by Crippen LogP contribution is -2.00. The molecule has 0 unspecified atom stereocenters. The van der Waals surface area contributed by atoms with Crippen LogP contribution in [0.5, 0.6) is 11.5 Å². The number of carbonyl (C=O) groups excluding carboxylic acids is 1. The average Bonchev–Trinajstić information content (AvgIpc) is 2.47. The highest BCUT2D eigenvalue weighted by atomic mass is 79.9. The van der Waals surface area contributed by atoms with Crippen molar-refractivity contribution in [3.05, 3.63) is 34.3 Å². The normalized spacial score (nSPS) is 11.0. The number of rotatable bonds is 6. The number of ketones is 1. The third-order valence-electron chi connectivity index (χ3n) is 3.61. The second-order valence-corrected chi connectivity index (χ2v) is 6.14. The Morgan fingerprint density at radius 1 is 1.10 bits per heavy atom. The molecule has 0 bridgehead atoms. The van der Waals surface area contributed by atoms with Crippen LogP contribution in [0.1, 0.15) is 49.4 Å². The second kappa shape index (κ2) is 6.94. The van der Waals surface area contributed by atoms with Gasteiger partial charge >= 0.3 is 0 Å². The van der Waals surface area contributed by atoms with E-state index < -0.39 is 0 Å². The number of carbonyl (C=O) groups is 1. The lowest BCUT2D eigenvalue weighted by Gasteiger charge is -2.09. The molecule has 0 saturated carbocycles. The molecule has 0 aliphatic rings. The van der Waals surface area contributed by atoms with Crippen LogP contribution >= 0.6 is 15.9 Å². The van der Waals surface area contributed by atoms with E-state index in [1.54, 1.807) is 18.2 Å². The van der Waals surface area contributed by atoms with Gasteiger partial charge in [-0.3, -0.25) is 4.79 Å². The molecule has 4 heteroatoms. The molecule has 0 atom stereocenters. The van der Waals surface area contributed by atoms with Gasteiger partial charge in [0.2, 0.25) is 0 Å². The maximum Gasteiger partial charge on any atom is 0.169 e. The van der Waals surface area contributed by atoms with Crippen LogP contribution in [-0.2, 0) is 0 Å². The third kappa shape index (κ3) is 3.56. The Balaban J connectivity index is 2.31. The van der Waals surface area contributed by atoms with Gasteiger partial charge < -0.3 is 10.2 Å². The topological polar surface area (TPSA) is 57.5 Å². The van der Waals surface area contributed by atoms with Crippen molar-refractivity contribution in [1.82, 2.24) is 0 Å². The molecule has 3 nitrogen and oxygen atoms in total. The van der Waals surface area contributed by atoms with Crippen LogP contribution in [0.2, 0.25) is 0 Å². The van der Waals surface area contributed by atoms with Crippen molar-refractivity contribution in [2.24, 2.45) is 0 Å². The van der Waals surface area contributed by atoms with Crippen molar-refractivity contribution in [2.75, 3.05) is 0 Å². The van der Waals surface area contributed by atoms with Crippen molar-refractivity contribution in [3.63, 3.8) is 0 Å². The minimum atomic E-state index is -0.315. The summed E-state index contributed by atoms with van der Waals surface area (Å²) in [4.78, 5) is 12.2. The quantitative estimate of drug-likeness (QED) is 0.429. The number of aromatic hydroxyl groups is 2. The van der Waals surface area contributed by atoms with E-state index in [1.807, 2.05) is 6.07 Å². The fourth-order valence-electron chi connectivity index (χ4n) is 2.41. The summed E-state index contributed by atoms with van der Waals surface area (Å²) in [5.74, 6) is -0.664. The van der Waals surface area contributed by atoms with E-state index in [0.717, 1.165) is 35.5 Å². The molecule has 21 heavy (non-hydrogen) atoms. The monoisotopic (exact) mass is 350 g/mol. The number of fused-ring (bicyclic) bond motifs is 1. The molecule has 0 radical (unpaired) electrons. The van der Waals surface area contributed by atoms with Crippen LogP contribution in [0.4, 0.5) is 0 Å². The van der Waals surface area contributed by atoms with E-state index in [-0.39, 0.29) is 22.8 Å². The van der Waals surface area contributed by atoms with Crippen molar-refractivity contribution in [1.29, 1.82) is 0 Å². The van der Waals surface area contributed by atoms with Crippen LogP contribution in [0.25, 0.3) is 10.8 Å². The van der Waals surface area contributed by atoms with E-state index in [0.29, 0.717) is 11.8 Å². The van der Waals surface area contributed by atoms with Gasteiger partial charge in [-0.1, -0.05) is 42.1 Å². The van der Waals surface area contributed by atoms with Gasteiger partial charge in [0.05, 0.1) is 5.56 Å². The Kier molecular flexibility index (Phi) is 5.23. The minimum Gasteiger partial charge on any atom is -0.504 e. The zero-order valence-corrected chi connectivity index (χ0v) is 13.6. The standard InChI is InChI=1S/C17H19BrO3/c1-2-3-4-5-6-15(19)14-10-11-9-12(18)7-8-13(11)16(20)17(14)21/h7-10,20-21H,2-6H2,1H3. The first-order chi connectivity index (χ1) is 10.0. The Labute approximate surface area is 132 Å². The third-order valence-corrected chi connectivity index (χ3v) is 4.10. The van der Waals surface area contributed by atoms with E-state index in [2.05, 4.69) is 22.9 Å². The van der Waals surface area contributed by atoms with E-state index >= 15 is 0 Å². The number of unbranched alkanes of at least 4 members (excludes halogenated alkanes) is 3. The van der Waals surface area contributed by atoms with Crippen LogP contribution < -0.4 is 0 Å². The van der Waals surface area contributed by atoms with Crippen LogP contribution in [0.3, 0.4) is 0 Å². The molecular formula is C17H19BrO3. The molecule has 2 rings (SSSR count). The molecule has 112 valence electrons. The molecule has 0 fully saturated rings. The summed E-state index contributed by atoms with van der Waals surface area (Å²) < 4.78 is 0.862. The predicted molar refractivity (Wildman–Crippen MR) is 88.1 cm³/mol. The number of Topliss-reactive ketones (excluding diaryl/α,β-unsaturated/α-hetero) is 1. The van der Waals surface area contributed by atoms with Crippen molar-refractivity contribution < 1.29 is 15.0 Å². The number of benzene rings is 2. The molecule has 0 amide bonds. The van der Waals surface area contributed by atoms with Gasteiger partial charge in [-0.2, -0.15) is 0 Å². The molecule has 2 N–H and O–H groups in total. The Hall–Kier alpha value is -1.55. The van der Waals surface area contributed by atoms with Crippen molar-refractivity contribution >= 4 is 32.5 Å². The first-order valence-corrected chi connectivity index (χ1v) is 8.01. The maximum absolute atomic E-state index is 12.2.